The first-order valence-electron chi connectivity index (χ1n) is 17.1. The Kier molecular flexibility index (Phi) is 7.53. The summed E-state index contributed by atoms with van der Waals surface area (Å²) in [5.41, 5.74) is 0.861. The quantitative estimate of drug-likeness (QED) is 0.300. The second kappa shape index (κ2) is 10.1. The molecule has 4 saturated carbocycles. The molecule has 0 radical (unpaired) electrons. The number of carbonyl (C=O) groups is 1. The Labute approximate surface area is 258 Å². The highest BCUT2D eigenvalue weighted by molar-refractivity contribution is 5.85. The Morgan fingerprint density at radius 3 is 2.23 bits per heavy atom. The van der Waals surface area contributed by atoms with Gasteiger partial charge in [-0.25, -0.2) is 0 Å². The molecule has 43 heavy (non-hydrogen) atoms. The monoisotopic (exact) mass is 602 g/mol. The molecule has 0 spiro atoms. The average Bonchev–Trinajstić information content (AvgIpc) is 2.94. The molecule has 0 bridgehead atoms. The van der Waals surface area contributed by atoms with E-state index >= 15 is 0 Å². The lowest BCUT2D eigenvalue weighted by Crippen LogP contribution is -2.68. The standard InChI is InChI=1S/C36H58O7/c1-31(2)14-16-36(30(42)29-28(41)27(40)26(39)22(19-37)43-29)17-15-34(6)20(21(36)18-31)8-9-24-33(5)12-11-25(38)32(3,4)23(33)10-13-35(24,34)7/h8,21-24,26-30,37,39-42H,9-19H2,1-7H3/t21?,22?,23?,24?,26-,27?,28?,29+,30?,33-,34+,35+,36-/m0/s1. The SMILES string of the molecule is CC1(C)CC[C@]2(C(O)[C@@H]3OC(CO)[C@H](O)C(O)C3O)CC[C@]3(C)C(=CCC4[C@@]5(C)CCC(=O)C(C)(C)C5CC[C@]43C)C2C1. The van der Waals surface area contributed by atoms with Crippen LogP contribution in [0.5, 0.6) is 0 Å². The summed E-state index contributed by atoms with van der Waals surface area (Å²) < 4.78 is 6.00. The van der Waals surface area contributed by atoms with Crippen LogP contribution in [0.2, 0.25) is 0 Å². The van der Waals surface area contributed by atoms with Crippen molar-refractivity contribution in [2.24, 2.45) is 50.2 Å². The number of allylic oxidation sites excluding steroid dienone is 2. The molecule has 244 valence electrons. The summed E-state index contributed by atoms with van der Waals surface area (Å²) in [4.78, 5) is 13.1. The molecule has 7 unspecified atom stereocenters. The number of ketones is 1. The van der Waals surface area contributed by atoms with Crippen molar-refractivity contribution in [1.82, 2.24) is 0 Å². The number of aliphatic hydroxyl groups is 5. The smallest absolute Gasteiger partial charge is 0.138 e. The van der Waals surface area contributed by atoms with Crippen LogP contribution < -0.4 is 0 Å². The van der Waals surface area contributed by atoms with E-state index in [1.165, 1.54) is 5.57 Å². The fourth-order valence-corrected chi connectivity index (χ4v) is 12.3. The van der Waals surface area contributed by atoms with Crippen molar-refractivity contribution in [2.75, 3.05) is 6.61 Å². The minimum absolute atomic E-state index is 0.0494. The maximum absolute atomic E-state index is 13.1. The zero-order chi connectivity index (χ0) is 31.5. The van der Waals surface area contributed by atoms with E-state index in [9.17, 15) is 30.3 Å². The Balaban J connectivity index is 1.40. The van der Waals surface area contributed by atoms with Gasteiger partial charge in [-0.05, 0) is 97.2 Å². The van der Waals surface area contributed by atoms with Gasteiger partial charge in [0, 0.05) is 17.3 Å². The molecule has 6 rings (SSSR count). The van der Waals surface area contributed by atoms with Gasteiger partial charge in [-0.1, -0.05) is 60.1 Å². The molecular weight excluding hydrogens is 544 g/mol. The Morgan fingerprint density at radius 2 is 1.56 bits per heavy atom. The Hall–Kier alpha value is -0.830. The highest BCUT2D eigenvalue weighted by atomic mass is 16.6. The minimum atomic E-state index is -1.49. The third-order valence-corrected chi connectivity index (χ3v) is 15.3. The van der Waals surface area contributed by atoms with Gasteiger partial charge in [0.1, 0.15) is 36.3 Å². The van der Waals surface area contributed by atoms with E-state index in [2.05, 4.69) is 54.5 Å². The van der Waals surface area contributed by atoms with Crippen molar-refractivity contribution in [2.45, 2.75) is 149 Å². The van der Waals surface area contributed by atoms with Crippen LogP contribution in [0, 0.1) is 50.2 Å². The minimum Gasteiger partial charge on any atom is -0.394 e. The number of rotatable bonds is 3. The molecule has 0 aromatic carbocycles. The second-order valence-corrected chi connectivity index (χ2v) is 17.8. The van der Waals surface area contributed by atoms with Crippen LogP contribution in [-0.2, 0) is 9.53 Å². The van der Waals surface area contributed by atoms with Gasteiger partial charge in [-0.15, -0.1) is 0 Å². The maximum atomic E-state index is 13.1. The van der Waals surface area contributed by atoms with Crippen molar-refractivity contribution >= 4 is 5.78 Å². The molecule has 6 aliphatic rings. The van der Waals surface area contributed by atoms with Crippen molar-refractivity contribution in [3.63, 3.8) is 0 Å². The fraction of sp³-hybridized carbons (Fsp3) is 0.917. The summed E-state index contributed by atoms with van der Waals surface area (Å²) in [7, 11) is 0. The molecule has 1 saturated heterocycles. The Morgan fingerprint density at radius 1 is 0.884 bits per heavy atom. The van der Waals surface area contributed by atoms with Gasteiger partial charge in [0.05, 0.1) is 12.7 Å². The van der Waals surface area contributed by atoms with Gasteiger partial charge in [0.15, 0.2) is 0 Å². The summed E-state index contributed by atoms with van der Waals surface area (Å²) in [5, 5.41) is 54.3. The van der Waals surface area contributed by atoms with Crippen LogP contribution >= 0.6 is 0 Å². The second-order valence-electron chi connectivity index (χ2n) is 17.8. The maximum Gasteiger partial charge on any atom is 0.138 e. The molecule has 0 amide bonds. The van der Waals surface area contributed by atoms with Crippen LogP contribution in [0.15, 0.2) is 11.6 Å². The number of aliphatic hydroxyl groups excluding tert-OH is 5. The summed E-state index contributed by atoms with van der Waals surface area (Å²) in [6, 6.07) is 0. The number of fused-ring (bicyclic) bond motifs is 7. The summed E-state index contributed by atoms with van der Waals surface area (Å²) in [6.07, 6.45) is 4.19. The normalized spacial score (nSPS) is 53.0. The molecule has 7 nitrogen and oxygen atoms in total. The van der Waals surface area contributed by atoms with Gasteiger partial charge in [-0.3, -0.25) is 4.79 Å². The first kappa shape index (κ1) is 32.1. The Bertz CT molecular complexity index is 1160. The van der Waals surface area contributed by atoms with E-state index in [4.69, 9.17) is 4.74 Å². The molecule has 1 heterocycles. The fourth-order valence-electron chi connectivity index (χ4n) is 12.3. The first-order valence-corrected chi connectivity index (χ1v) is 17.1. The zero-order valence-electron chi connectivity index (χ0n) is 27.6. The molecule has 0 aromatic heterocycles. The third kappa shape index (κ3) is 4.23. The van der Waals surface area contributed by atoms with Gasteiger partial charge in [0.2, 0.25) is 0 Å². The van der Waals surface area contributed by atoms with E-state index in [1.807, 2.05) is 0 Å². The third-order valence-electron chi connectivity index (χ3n) is 15.3. The zero-order valence-corrected chi connectivity index (χ0v) is 27.6. The molecule has 5 fully saturated rings. The predicted octanol–water partition coefficient (Wildman–Crippen LogP) is 4.56. The molecular formula is C36H58O7. The molecule has 5 N–H and O–H groups in total. The number of hydrogen-bond acceptors (Lipinski definition) is 7. The number of Topliss-reactive ketones (excluding diaryl/α,β-unsaturated/α-hetero) is 1. The van der Waals surface area contributed by atoms with Crippen molar-refractivity contribution in [3.05, 3.63) is 11.6 Å². The van der Waals surface area contributed by atoms with Gasteiger partial charge in [-0.2, -0.15) is 0 Å². The van der Waals surface area contributed by atoms with Gasteiger partial charge < -0.3 is 30.3 Å². The molecule has 5 aliphatic carbocycles. The van der Waals surface area contributed by atoms with Crippen LogP contribution in [0.1, 0.15) is 113 Å². The first-order chi connectivity index (χ1) is 19.9. The van der Waals surface area contributed by atoms with Gasteiger partial charge in [0.25, 0.3) is 0 Å². The lowest BCUT2D eigenvalue weighted by Gasteiger charge is -2.71. The van der Waals surface area contributed by atoms with Crippen LogP contribution in [0.3, 0.4) is 0 Å². The predicted molar refractivity (Wildman–Crippen MR) is 164 cm³/mol. The van der Waals surface area contributed by atoms with Crippen molar-refractivity contribution in [3.8, 4) is 0 Å². The number of hydrogen-bond donors (Lipinski definition) is 5. The summed E-state index contributed by atoms with van der Waals surface area (Å²) in [5.74, 6) is 1.40. The highest BCUT2D eigenvalue weighted by Gasteiger charge is 2.69. The van der Waals surface area contributed by atoms with E-state index in [-0.39, 0.29) is 33.0 Å². The summed E-state index contributed by atoms with van der Waals surface area (Å²) in [6.45, 7) is 16.0. The van der Waals surface area contributed by atoms with Crippen molar-refractivity contribution < 1.29 is 35.1 Å². The molecule has 13 atom stereocenters. The molecule has 0 aromatic rings. The lowest BCUT2D eigenvalue weighted by molar-refractivity contribution is -0.272. The van der Waals surface area contributed by atoms with E-state index in [0.717, 1.165) is 57.8 Å². The number of ether oxygens (including phenoxy) is 1. The summed E-state index contributed by atoms with van der Waals surface area (Å²) >= 11 is 0. The van der Waals surface area contributed by atoms with Crippen molar-refractivity contribution in [1.29, 1.82) is 0 Å². The van der Waals surface area contributed by atoms with Crippen LogP contribution in [-0.4, -0.2) is 74.5 Å². The number of carbonyl (C=O) groups excluding carboxylic acids is 1. The molecule has 7 heteroatoms. The van der Waals surface area contributed by atoms with Gasteiger partial charge >= 0.3 is 0 Å². The largest absolute Gasteiger partial charge is 0.394 e. The average molecular weight is 603 g/mol. The topological polar surface area (TPSA) is 127 Å². The molecule has 1 aliphatic heterocycles. The van der Waals surface area contributed by atoms with Crippen LogP contribution in [0.25, 0.3) is 0 Å². The van der Waals surface area contributed by atoms with E-state index in [1.54, 1.807) is 0 Å². The van der Waals surface area contributed by atoms with E-state index < -0.39 is 48.6 Å². The van der Waals surface area contributed by atoms with E-state index in [0.29, 0.717) is 24.0 Å². The van der Waals surface area contributed by atoms with Crippen LogP contribution in [0.4, 0.5) is 0 Å². The highest BCUT2D eigenvalue weighted by Crippen LogP contribution is 2.76. The lowest BCUT2D eigenvalue weighted by atomic mass is 9.33.